The molecule has 0 unspecified atom stereocenters. The fourth-order valence-electron chi connectivity index (χ4n) is 3.84. The monoisotopic (exact) mass is 409 g/mol. The van der Waals surface area contributed by atoms with Gasteiger partial charge in [-0.1, -0.05) is 11.8 Å². The number of carbonyl (C=O) groups is 1. The van der Waals surface area contributed by atoms with Crippen molar-refractivity contribution in [2.24, 2.45) is 0 Å². The number of carbonyl (C=O) groups excluding carboxylic acids is 1. The first kappa shape index (κ1) is 18.4. The fourth-order valence-corrected chi connectivity index (χ4v) is 4.58. The highest BCUT2D eigenvalue weighted by atomic mass is 32.2. The van der Waals surface area contributed by atoms with Crippen LogP contribution in [0.4, 0.5) is 11.4 Å². The van der Waals surface area contributed by atoms with Gasteiger partial charge in [-0.05, 0) is 60.7 Å². The predicted molar refractivity (Wildman–Crippen MR) is 113 cm³/mol. The molecule has 2 aromatic heterocycles. The Bertz CT molecular complexity index is 1030. The summed E-state index contributed by atoms with van der Waals surface area (Å²) in [4.78, 5) is 19.3. The van der Waals surface area contributed by atoms with Gasteiger partial charge >= 0.3 is 0 Å². The zero-order valence-electron chi connectivity index (χ0n) is 16.1. The molecule has 9 heteroatoms. The van der Waals surface area contributed by atoms with Crippen LogP contribution in [0.2, 0.25) is 0 Å². The van der Waals surface area contributed by atoms with E-state index in [0.717, 1.165) is 42.4 Å². The summed E-state index contributed by atoms with van der Waals surface area (Å²) in [6.07, 6.45) is 9.60. The number of piperidine rings is 1. The number of pyridine rings is 1. The lowest BCUT2D eigenvalue weighted by molar-refractivity contribution is -0.113. The average Bonchev–Trinajstić information content (AvgIpc) is 3.50. The maximum atomic E-state index is 12.6. The Labute approximate surface area is 173 Å². The van der Waals surface area contributed by atoms with Crippen molar-refractivity contribution in [2.45, 2.75) is 43.3 Å². The molecule has 0 bridgehead atoms. The Kier molecular flexibility index (Phi) is 5.05. The van der Waals surface area contributed by atoms with Gasteiger partial charge in [-0.2, -0.15) is 0 Å². The lowest BCUT2D eigenvalue weighted by Gasteiger charge is -2.30. The minimum absolute atomic E-state index is 0.0729. The second-order valence-electron chi connectivity index (χ2n) is 7.58. The van der Waals surface area contributed by atoms with E-state index in [1.54, 1.807) is 0 Å². The molecule has 29 heavy (non-hydrogen) atoms. The Morgan fingerprint density at radius 3 is 2.83 bits per heavy atom. The molecular weight excluding hydrogens is 386 g/mol. The van der Waals surface area contributed by atoms with E-state index in [0.29, 0.717) is 11.2 Å². The maximum absolute atomic E-state index is 12.6. The lowest BCUT2D eigenvalue weighted by Crippen LogP contribution is -2.29. The highest BCUT2D eigenvalue weighted by molar-refractivity contribution is 7.99. The van der Waals surface area contributed by atoms with Crippen molar-refractivity contribution < 1.29 is 4.79 Å². The number of nitrogens with one attached hydrogen (secondary N) is 1. The molecule has 8 nitrogen and oxygen atoms in total. The molecule has 1 saturated carbocycles. The third-order valence-corrected chi connectivity index (χ3v) is 6.39. The van der Waals surface area contributed by atoms with Crippen molar-refractivity contribution in [3.8, 4) is 0 Å². The molecule has 0 spiro atoms. The first-order chi connectivity index (χ1) is 14.3. The van der Waals surface area contributed by atoms with Crippen molar-refractivity contribution in [1.82, 2.24) is 25.2 Å². The summed E-state index contributed by atoms with van der Waals surface area (Å²) in [5, 5.41) is 17.6. The van der Waals surface area contributed by atoms with Gasteiger partial charge in [-0.25, -0.2) is 4.68 Å². The smallest absolute Gasteiger partial charge is 0.234 e. The molecule has 0 radical (unpaired) electrons. The zero-order valence-corrected chi connectivity index (χ0v) is 16.9. The van der Waals surface area contributed by atoms with Crippen LogP contribution >= 0.6 is 11.8 Å². The third kappa shape index (κ3) is 3.91. The Morgan fingerprint density at radius 2 is 2.00 bits per heavy atom. The van der Waals surface area contributed by atoms with E-state index in [1.165, 1.54) is 36.7 Å². The van der Waals surface area contributed by atoms with E-state index in [1.807, 2.05) is 29.2 Å². The first-order valence-electron chi connectivity index (χ1n) is 10.1. The molecule has 150 valence electrons. The Hall–Kier alpha value is -2.68. The topological polar surface area (TPSA) is 88.8 Å². The molecule has 1 amide bonds. The molecular formula is C20H23N7OS. The summed E-state index contributed by atoms with van der Waals surface area (Å²) in [6.45, 7) is 2.16. The number of rotatable bonds is 6. The molecule has 1 aliphatic carbocycles. The Morgan fingerprint density at radius 1 is 1.14 bits per heavy atom. The van der Waals surface area contributed by atoms with Crippen LogP contribution in [0.15, 0.2) is 35.7 Å². The molecule has 1 aromatic carbocycles. The van der Waals surface area contributed by atoms with Gasteiger partial charge in [-0.15, -0.1) is 5.10 Å². The number of fused-ring (bicyclic) bond motifs is 1. The van der Waals surface area contributed by atoms with Crippen LogP contribution in [0, 0.1) is 0 Å². The van der Waals surface area contributed by atoms with Crippen LogP contribution in [0.3, 0.4) is 0 Å². The van der Waals surface area contributed by atoms with E-state index in [4.69, 9.17) is 0 Å². The summed E-state index contributed by atoms with van der Waals surface area (Å²) in [7, 11) is 0. The normalized spacial score (nSPS) is 16.9. The summed E-state index contributed by atoms with van der Waals surface area (Å²) >= 11 is 1.37. The molecule has 2 fully saturated rings. The second-order valence-corrected chi connectivity index (χ2v) is 8.52. The Balaban J connectivity index is 1.32. The number of nitrogens with zero attached hydrogens (tertiary/aromatic N) is 6. The number of aromatic nitrogens is 5. The van der Waals surface area contributed by atoms with Gasteiger partial charge in [0.25, 0.3) is 0 Å². The highest BCUT2D eigenvalue weighted by Crippen LogP contribution is 2.36. The summed E-state index contributed by atoms with van der Waals surface area (Å²) in [5.74, 6) is 0.194. The highest BCUT2D eigenvalue weighted by Gasteiger charge is 2.28. The number of hydrogen-bond acceptors (Lipinski definition) is 7. The van der Waals surface area contributed by atoms with Gasteiger partial charge in [0.15, 0.2) is 0 Å². The van der Waals surface area contributed by atoms with Crippen molar-refractivity contribution in [1.29, 1.82) is 0 Å². The summed E-state index contributed by atoms with van der Waals surface area (Å²) in [6, 6.07) is 6.54. The number of amides is 1. The minimum Gasteiger partial charge on any atom is -0.371 e. The molecule has 3 heterocycles. The molecule has 2 aliphatic rings. The van der Waals surface area contributed by atoms with Crippen molar-refractivity contribution in [2.75, 3.05) is 29.1 Å². The fraction of sp³-hybridized carbons (Fsp3) is 0.450. The molecule has 1 aliphatic heterocycles. The standard InChI is InChI=1S/C20H23N7OS/c28-19(13-29-20-23-24-25-27(20)14-4-5-14)22-17-6-7-18(26-10-2-1-3-11-26)15-8-9-21-12-16(15)17/h6-9,12,14H,1-5,10-11,13H2,(H,22,28). The molecule has 1 N–H and O–H groups in total. The van der Waals surface area contributed by atoms with Crippen LogP contribution in [0.25, 0.3) is 10.8 Å². The van der Waals surface area contributed by atoms with Gasteiger partial charge in [0, 0.05) is 41.9 Å². The summed E-state index contributed by atoms with van der Waals surface area (Å²) < 4.78 is 1.82. The van der Waals surface area contributed by atoms with Crippen LogP contribution in [-0.4, -0.2) is 49.9 Å². The van der Waals surface area contributed by atoms with Crippen molar-refractivity contribution in [3.63, 3.8) is 0 Å². The van der Waals surface area contributed by atoms with E-state index >= 15 is 0 Å². The third-order valence-electron chi connectivity index (χ3n) is 5.45. The van der Waals surface area contributed by atoms with E-state index in [9.17, 15) is 4.79 Å². The van der Waals surface area contributed by atoms with E-state index < -0.39 is 0 Å². The average molecular weight is 410 g/mol. The van der Waals surface area contributed by atoms with Crippen LogP contribution in [0.1, 0.15) is 38.1 Å². The van der Waals surface area contributed by atoms with Gasteiger partial charge in [0.2, 0.25) is 11.1 Å². The number of anilines is 2. The van der Waals surface area contributed by atoms with Gasteiger partial charge in [-0.3, -0.25) is 9.78 Å². The van der Waals surface area contributed by atoms with E-state index in [2.05, 4.69) is 36.8 Å². The number of thioether (sulfide) groups is 1. The maximum Gasteiger partial charge on any atom is 0.234 e. The first-order valence-corrected chi connectivity index (χ1v) is 11.1. The van der Waals surface area contributed by atoms with Crippen LogP contribution in [0.5, 0.6) is 0 Å². The van der Waals surface area contributed by atoms with Gasteiger partial charge in [0.1, 0.15) is 0 Å². The quantitative estimate of drug-likeness (QED) is 0.625. The number of tetrazole rings is 1. The van der Waals surface area contributed by atoms with Gasteiger partial charge < -0.3 is 10.2 Å². The molecule has 3 aromatic rings. The largest absolute Gasteiger partial charge is 0.371 e. The zero-order chi connectivity index (χ0) is 19.6. The van der Waals surface area contributed by atoms with Crippen molar-refractivity contribution >= 4 is 39.8 Å². The SMILES string of the molecule is O=C(CSc1nnnn1C1CC1)Nc1ccc(N2CCCCC2)c2ccncc12. The van der Waals surface area contributed by atoms with Crippen LogP contribution in [-0.2, 0) is 4.79 Å². The molecule has 5 rings (SSSR count). The predicted octanol–water partition coefficient (Wildman–Crippen LogP) is 3.28. The van der Waals surface area contributed by atoms with Crippen molar-refractivity contribution in [3.05, 3.63) is 30.6 Å². The minimum atomic E-state index is -0.0729. The molecule has 0 atom stereocenters. The number of benzene rings is 1. The lowest BCUT2D eigenvalue weighted by atomic mass is 10.1. The summed E-state index contributed by atoms with van der Waals surface area (Å²) in [5.41, 5.74) is 2.01. The number of hydrogen-bond donors (Lipinski definition) is 1. The molecule has 1 saturated heterocycles. The van der Waals surface area contributed by atoms with Crippen LogP contribution < -0.4 is 10.2 Å². The second kappa shape index (κ2) is 7.98. The van der Waals surface area contributed by atoms with E-state index in [-0.39, 0.29) is 11.7 Å². The van der Waals surface area contributed by atoms with Gasteiger partial charge in [0.05, 0.1) is 17.5 Å².